The standard InChI is InChI=1S/C22H17F3N2O4S/c23-22(24,25)21(30)17(19(28)16-10-5-11-32-16)18(26-20(29)27-21)13-6-4-9-15(12-13)31-14-7-2-1-3-8-14/h1-12,17-18,30H,(H2,26,27,29)/t17-,18+,21-/m0/s1. The molecule has 3 atom stereocenters. The topological polar surface area (TPSA) is 87.7 Å². The predicted molar refractivity (Wildman–Crippen MR) is 111 cm³/mol. The molecule has 32 heavy (non-hydrogen) atoms. The normalized spacial score (nSPS) is 23.2. The number of hydrogen-bond acceptors (Lipinski definition) is 5. The lowest BCUT2D eigenvalue weighted by Gasteiger charge is -2.44. The van der Waals surface area contributed by atoms with Gasteiger partial charge in [-0.1, -0.05) is 36.4 Å². The van der Waals surface area contributed by atoms with E-state index in [-0.39, 0.29) is 10.4 Å². The molecule has 166 valence electrons. The zero-order chi connectivity index (χ0) is 22.9. The average Bonchev–Trinajstić information content (AvgIpc) is 3.28. The third-order valence-electron chi connectivity index (χ3n) is 5.05. The van der Waals surface area contributed by atoms with Gasteiger partial charge in [-0.25, -0.2) is 4.79 Å². The van der Waals surface area contributed by atoms with Crippen LogP contribution in [0.15, 0.2) is 72.1 Å². The second-order valence-electron chi connectivity index (χ2n) is 7.15. The Morgan fingerprint density at radius 2 is 1.75 bits per heavy atom. The number of ketones is 1. The van der Waals surface area contributed by atoms with Gasteiger partial charge < -0.3 is 20.5 Å². The first kappa shape index (κ1) is 21.8. The Kier molecular flexibility index (Phi) is 5.66. The fourth-order valence-corrected chi connectivity index (χ4v) is 4.29. The van der Waals surface area contributed by atoms with Gasteiger partial charge in [0.2, 0.25) is 5.72 Å². The summed E-state index contributed by atoms with van der Waals surface area (Å²) in [7, 11) is 0. The average molecular weight is 462 g/mol. The van der Waals surface area contributed by atoms with E-state index in [9.17, 15) is 27.9 Å². The molecule has 0 radical (unpaired) electrons. The van der Waals surface area contributed by atoms with Gasteiger partial charge in [-0.05, 0) is 41.3 Å². The van der Waals surface area contributed by atoms with E-state index >= 15 is 0 Å². The lowest BCUT2D eigenvalue weighted by atomic mass is 9.78. The molecule has 3 N–H and O–H groups in total. The Hall–Kier alpha value is -3.37. The second-order valence-corrected chi connectivity index (χ2v) is 8.09. The van der Waals surface area contributed by atoms with Gasteiger partial charge in [0.1, 0.15) is 17.4 Å². The maximum absolute atomic E-state index is 13.9. The van der Waals surface area contributed by atoms with E-state index < -0.39 is 35.7 Å². The van der Waals surface area contributed by atoms with Crippen LogP contribution in [-0.4, -0.2) is 28.8 Å². The number of thiophene rings is 1. The predicted octanol–water partition coefficient (Wildman–Crippen LogP) is 4.64. The molecule has 2 amide bonds. The second kappa shape index (κ2) is 8.29. The SMILES string of the molecule is O=C1N[C@H](c2cccc(Oc3ccccc3)c2)[C@@H](C(=O)c2cccs2)[C@](O)(C(F)(F)F)N1. The number of halogens is 3. The number of amides is 2. The van der Waals surface area contributed by atoms with Crippen molar-refractivity contribution in [3.63, 3.8) is 0 Å². The van der Waals surface area contributed by atoms with Gasteiger partial charge in [-0.3, -0.25) is 4.79 Å². The third-order valence-corrected chi connectivity index (χ3v) is 5.93. The molecule has 0 spiro atoms. The molecule has 1 aliphatic rings. The first-order valence-corrected chi connectivity index (χ1v) is 10.4. The van der Waals surface area contributed by atoms with Crippen molar-refractivity contribution in [2.24, 2.45) is 5.92 Å². The number of ether oxygens (including phenoxy) is 1. The molecule has 6 nitrogen and oxygen atoms in total. The van der Waals surface area contributed by atoms with E-state index in [1.54, 1.807) is 36.4 Å². The number of benzene rings is 2. The van der Waals surface area contributed by atoms with E-state index in [1.165, 1.54) is 41.0 Å². The summed E-state index contributed by atoms with van der Waals surface area (Å²) in [4.78, 5) is 25.3. The summed E-state index contributed by atoms with van der Waals surface area (Å²) < 4.78 is 47.6. The minimum atomic E-state index is -5.31. The quantitative estimate of drug-likeness (QED) is 0.482. The van der Waals surface area contributed by atoms with Crippen LogP contribution in [0.3, 0.4) is 0 Å². The molecule has 1 fully saturated rings. The van der Waals surface area contributed by atoms with Crippen LogP contribution in [0.4, 0.5) is 18.0 Å². The summed E-state index contributed by atoms with van der Waals surface area (Å²) in [6, 6.07) is 14.9. The van der Waals surface area contributed by atoms with E-state index in [0.717, 1.165) is 11.3 Å². The lowest BCUT2D eigenvalue weighted by molar-refractivity contribution is -0.287. The molecule has 10 heteroatoms. The van der Waals surface area contributed by atoms with Gasteiger partial charge in [0.15, 0.2) is 5.78 Å². The highest BCUT2D eigenvalue weighted by molar-refractivity contribution is 7.12. The number of nitrogens with one attached hydrogen (secondary N) is 2. The Labute approximate surface area is 184 Å². The Morgan fingerprint density at radius 3 is 2.41 bits per heavy atom. The molecule has 2 heterocycles. The molecule has 0 bridgehead atoms. The van der Waals surface area contributed by atoms with Crippen LogP contribution in [0, 0.1) is 5.92 Å². The molecule has 1 aromatic heterocycles. The van der Waals surface area contributed by atoms with Crippen molar-refractivity contribution in [2.75, 3.05) is 0 Å². The minimum absolute atomic E-state index is 0.0253. The van der Waals surface area contributed by atoms with Crippen LogP contribution in [0.25, 0.3) is 0 Å². The number of carbonyl (C=O) groups excluding carboxylic acids is 2. The molecule has 4 rings (SSSR count). The Bertz CT molecular complexity index is 1120. The molecular weight excluding hydrogens is 445 g/mol. The fraction of sp³-hybridized carbons (Fsp3) is 0.182. The van der Waals surface area contributed by atoms with Crippen LogP contribution in [0.1, 0.15) is 21.3 Å². The first-order chi connectivity index (χ1) is 15.2. The van der Waals surface area contributed by atoms with Gasteiger partial charge in [-0.2, -0.15) is 13.2 Å². The number of alkyl halides is 3. The number of aliphatic hydroxyl groups is 1. The molecule has 0 unspecified atom stereocenters. The number of hydrogen-bond donors (Lipinski definition) is 3. The maximum Gasteiger partial charge on any atom is 0.437 e. The number of para-hydroxylation sites is 1. The summed E-state index contributed by atoms with van der Waals surface area (Å²) in [6.45, 7) is 0. The molecule has 1 saturated heterocycles. The molecule has 2 aromatic carbocycles. The van der Waals surface area contributed by atoms with Crippen molar-refractivity contribution in [3.8, 4) is 11.5 Å². The summed E-state index contributed by atoms with van der Waals surface area (Å²) >= 11 is 0.946. The van der Waals surface area contributed by atoms with Crippen LogP contribution < -0.4 is 15.4 Å². The summed E-state index contributed by atoms with van der Waals surface area (Å²) in [6.07, 6.45) is -5.31. The molecule has 3 aromatic rings. The van der Waals surface area contributed by atoms with Crippen molar-refractivity contribution < 1.29 is 32.6 Å². The van der Waals surface area contributed by atoms with Crippen molar-refractivity contribution in [1.29, 1.82) is 0 Å². The van der Waals surface area contributed by atoms with Crippen LogP contribution in [-0.2, 0) is 0 Å². The van der Waals surface area contributed by atoms with Crippen LogP contribution >= 0.6 is 11.3 Å². The van der Waals surface area contributed by atoms with Gasteiger partial charge in [0, 0.05) is 0 Å². The highest BCUT2D eigenvalue weighted by atomic mass is 32.1. The zero-order valence-corrected chi connectivity index (χ0v) is 17.1. The van der Waals surface area contributed by atoms with Crippen LogP contribution in [0.2, 0.25) is 0 Å². The van der Waals surface area contributed by atoms with Crippen LogP contribution in [0.5, 0.6) is 11.5 Å². The van der Waals surface area contributed by atoms with Gasteiger partial charge in [0.05, 0.1) is 10.9 Å². The monoisotopic (exact) mass is 462 g/mol. The van der Waals surface area contributed by atoms with Gasteiger partial charge in [0.25, 0.3) is 0 Å². The molecule has 0 saturated carbocycles. The van der Waals surface area contributed by atoms with Gasteiger partial charge >= 0.3 is 12.2 Å². The van der Waals surface area contributed by atoms with Gasteiger partial charge in [-0.15, -0.1) is 11.3 Å². The lowest BCUT2D eigenvalue weighted by Crippen LogP contribution is -2.72. The fourth-order valence-electron chi connectivity index (χ4n) is 3.58. The van der Waals surface area contributed by atoms with Crippen molar-refractivity contribution in [2.45, 2.75) is 17.9 Å². The Morgan fingerprint density at radius 1 is 1.03 bits per heavy atom. The number of Topliss-reactive ketones (excluding diaryl/α,β-unsaturated/α-hetero) is 1. The molecular formula is C22H17F3N2O4S. The van der Waals surface area contributed by atoms with E-state index in [4.69, 9.17) is 4.74 Å². The molecule has 1 aliphatic heterocycles. The summed E-state index contributed by atoms with van der Waals surface area (Å²) in [5.74, 6) is -2.24. The zero-order valence-electron chi connectivity index (χ0n) is 16.3. The van der Waals surface area contributed by atoms with Crippen molar-refractivity contribution >= 4 is 23.2 Å². The highest BCUT2D eigenvalue weighted by Crippen LogP contribution is 2.44. The summed E-state index contributed by atoms with van der Waals surface area (Å²) in [5, 5.41) is 16.0. The molecule has 0 aliphatic carbocycles. The number of carbonyl (C=O) groups is 2. The Balaban J connectivity index is 1.77. The first-order valence-electron chi connectivity index (χ1n) is 9.47. The van der Waals surface area contributed by atoms with Crippen molar-refractivity contribution in [3.05, 3.63) is 82.6 Å². The maximum atomic E-state index is 13.9. The third kappa shape index (κ3) is 4.06. The smallest absolute Gasteiger partial charge is 0.437 e. The van der Waals surface area contributed by atoms with Crippen molar-refractivity contribution in [1.82, 2.24) is 10.6 Å². The highest BCUT2D eigenvalue weighted by Gasteiger charge is 2.66. The summed E-state index contributed by atoms with van der Waals surface area (Å²) in [5.41, 5.74) is -3.59. The number of rotatable bonds is 5. The van der Waals surface area contributed by atoms with E-state index in [0.29, 0.717) is 11.5 Å². The number of urea groups is 1. The van der Waals surface area contributed by atoms with E-state index in [2.05, 4.69) is 5.32 Å². The largest absolute Gasteiger partial charge is 0.457 e. The van der Waals surface area contributed by atoms with E-state index in [1.807, 2.05) is 0 Å². The minimum Gasteiger partial charge on any atom is -0.457 e.